The predicted molar refractivity (Wildman–Crippen MR) is 149 cm³/mol. The molecule has 0 saturated heterocycles. The molecule has 2 heteroatoms. The van der Waals surface area contributed by atoms with Gasteiger partial charge in [-0.25, -0.2) is 0 Å². The topological polar surface area (TPSA) is 12.5 Å². The van der Waals surface area contributed by atoms with E-state index < -0.39 is 0 Å². The van der Waals surface area contributed by atoms with Crippen molar-refractivity contribution in [3.63, 3.8) is 0 Å². The molecular formula is C33H43NO. The highest BCUT2D eigenvalue weighted by atomic mass is 16.5. The summed E-state index contributed by atoms with van der Waals surface area (Å²) in [7, 11) is 6.29. The Balaban J connectivity index is 1.88. The summed E-state index contributed by atoms with van der Waals surface area (Å²) in [5.74, 6) is 2.57. The first kappa shape index (κ1) is 25.5. The van der Waals surface area contributed by atoms with Crippen molar-refractivity contribution >= 4 is 0 Å². The molecule has 0 spiro atoms. The molecule has 1 aliphatic carbocycles. The van der Waals surface area contributed by atoms with E-state index in [1.54, 1.807) is 7.11 Å². The second kappa shape index (κ2) is 10.6. The standard InChI is InChI=1S/C33H43NO/c1-21-17-27(18-22(2)25(21)5)31(28-19-23(3)33(35-8)24(4)20-28)29-15-12-16-30(29)32(34(6)7)26-13-10-9-11-14-26/h9-11,13-14,17-20,29-32H,12,15-16H2,1-8H3/t29?,30?,31?,32-/m0/s1. The van der Waals surface area contributed by atoms with Gasteiger partial charge in [-0.05, 0) is 118 Å². The maximum atomic E-state index is 5.74. The number of hydrogen-bond donors (Lipinski definition) is 0. The summed E-state index contributed by atoms with van der Waals surface area (Å²) in [5.41, 5.74) is 11.0. The molecule has 4 rings (SSSR count). The lowest BCUT2D eigenvalue weighted by Gasteiger charge is -2.38. The summed E-state index contributed by atoms with van der Waals surface area (Å²) in [4.78, 5) is 2.45. The number of rotatable bonds is 7. The molecule has 0 N–H and O–H groups in total. The molecule has 0 aromatic heterocycles. The fourth-order valence-electron chi connectivity index (χ4n) is 6.82. The van der Waals surface area contributed by atoms with Crippen LogP contribution in [0, 0.1) is 46.5 Å². The van der Waals surface area contributed by atoms with E-state index in [9.17, 15) is 0 Å². The van der Waals surface area contributed by atoms with Crippen LogP contribution in [0.4, 0.5) is 0 Å². The van der Waals surface area contributed by atoms with Gasteiger partial charge in [0.15, 0.2) is 0 Å². The summed E-state index contributed by atoms with van der Waals surface area (Å²) < 4.78 is 5.74. The average molecular weight is 470 g/mol. The molecular weight excluding hydrogens is 426 g/mol. The van der Waals surface area contributed by atoms with Gasteiger partial charge in [0.2, 0.25) is 0 Å². The average Bonchev–Trinajstić information content (AvgIpc) is 3.26. The number of aryl methyl sites for hydroxylation is 4. The van der Waals surface area contributed by atoms with Gasteiger partial charge >= 0.3 is 0 Å². The third-order valence-corrected chi connectivity index (χ3v) is 8.51. The van der Waals surface area contributed by atoms with Gasteiger partial charge in [-0.15, -0.1) is 0 Å². The lowest BCUT2D eigenvalue weighted by molar-refractivity contribution is 0.166. The zero-order chi connectivity index (χ0) is 25.3. The van der Waals surface area contributed by atoms with Crippen LogP contribution in [0.25, 0.3) is 0 Å². The fraction of sp³-hybridized carbons (Fsp3) is 0.455. The Kier molecular flexibility index (Phi) is 7.71. The summed E-state index contributed by atoms with van der Waals surface area (Å²) in [6.45, 7) is 11.2. The third-order valence-electron chi connectivity index (χ3n) is 8.51. The molecule has 186 valence electrons. The lowest BCUT2D eigenvalue weighted by Crippen LogP contribution is -2.32. The second-order valence-electron chi connectivity index (χ2n) is 11.0. The zero-order valence-electron chi connectivity index (χ0n) is 23.0. The normalized spacial score (nSPS) is 19.7. The number of hydrogen-bond acceptors (Lipinski definition) is 2. The van der Waals surface area contributed by atoms with Gasteiger partial charge in [0.1, 0.15) is 5.75 Å². The number of nitrogens with zero attached hydrogens (tertiary/aromatic N) is 1. The minimum Gasteiger partial charge on any atom is -0.496 e. The van der Waals surface area contributed by atoms with E-state index in [4.69, 9.17) is 4.74 Å². The second-order valence-corrected chi connectivity index (χ2v) is 11.0. The summed E-state index contributed by atoms with van der Waals surface area (Å²) in [5, 5.41) is 0. The van der Waals surface area contributed by atoms with Gasteiger partial charge in [-0.2, -0.15) is 0 Å². The predicted octanol–water partition coefficient (Wildman–Crippen LogP) is 8.09. The Morgan fingerprint density at radius 1 is 0.714 bits per heavy atom. The molecule has 0 amide bonds. The van der Waals surface area contributed by atoms with Gasteiger partial charge in [0, 0.05) is 12.0 Å². The van der Waals surface area contributed by atoms with E-state index in [1.165, 1.54) is 63.8 Å². The minimum absolute atomic E-state index is 0.370. The zero-order valence-corrected chi connectivity index (χ0v) is 23.0. The van der Waals surface area contributed by atoms with Crippen LogP contribution < -0.4 is 4.74 Å². The van der Waals surface area contributed by atoms with Crippen LogP contribution in [0.15, 0.2) is 54.6 Å². The van der Waals surface area contributed by atoms with E-state index in [1.807, 2.05) is 0 Å². The van der Waals surface area contributed by atoms with E-state index in [0.29, 0.717) is 23.8 Å². The van der Waals surface area contributed by atoms with Crippen LogP contribution in [-0.2, 0) is 0 Å². The number of ether oxygens (including phenoxy) is 1. The highest BCUT2D eigenvalue weighted by Gasteiger charge is 2.41. The van der Waals surface area contributed by atoms with Crippen molar-refractivity contribution in [2.24, 2.45) is 11.8 Å². The molecule has 0 radical (unpaired) electrons. The van der Waals surface area contributed by atoms with Gasteiger partial charge in [0.05, 0.1) is 7.11 Å². The first-order valence-corrected chi connectivity index (χ1v) is 13.2. The molecule has 4 atom stereocenters. The molecule has 3 aromatic rings. The Bertz CT molecular complexity index is 1120. The van der Waals surface area contributed by atoms with Gasteiger partial charge < -0.3 is 9.64 Å². The molecule has 3 unspecified atom stereocenters. The van der Waals surface area contributed by atoms with E-state index in [-0.39, 0.29) is 0 Å². The SMILES string of the molecule is COc1c(C)cc(C(c2cc(C)c(C)c(C)c2)C2CCCC2[C@H](c2ccccc2)N(C)C)cc1C. The van der Waals surface area contributed by atoms with Crippen LogP contribution in [-0.4, -0.2) is 26.1 Å². The Labute approximate surface area is 213 Å². The maximum absolute atomic E-state index is 5.74. The molecule has 1 saturated carbocycles. The summed E-state index contributed by atoms with van der Waals surface area (Å²) in [6.07, 6.45) is 3.83. The molecule has 0 heterocycles. The molecule has 2 nitrogen and oxygen atoms in total. The van der Waals surface area contributed by atoms with Crippen molar-refractivity contribution < 1.29 is 4.74 Å². The van der Waals surface area contributed by atoms with Crippen molar-refractivity contribution in [2.45, 2.75) is 65.8 Å². The lowest BCUT2D eigenvalue weighted by atomic mass is 9.71. The van der Waals surface area contributed by atoms with Crippen molar-refractivity contribution in [1.82, 2.24) is 4.90 Å². The van der Waals surface area contributed by atoms with Gasteiger partial charge in [-0.1, -0.05) is 61.0 Å². The largest absolute Gasteiger partial charge is 0.496 e. The fourth-order valence-corrected chi connectivity index (χ4v) is 6.82. The summed E-state index contributed by atoms with van der Waals surface area (Å²) >= 11 is 0. The molecule has 1 aliphatic rings. The molecule has 35 heavy (non-hydrogen) atoms. The highest BCUT2D eigenvalue weighted by Crippen LogP contribution is 2.51. The smallest absolute Gasteiger partial charge is 0.124 e. The molecule has 0 aliphatic heterocycles. The molecule has 0 bridgehead atoms. The van der Waals surface area contributed by atoms with E-state index in [2.05, 4.69) is 108 Å². The maximum Gasteiger partial charge on any atom is 0.124 e. The van der Waals surface area contributed by atoms with Gasteiger partial charge in [0.25, 0.3) is 0 Å². The van der Waals surface area contributed by atoms with E-state index in [0.717, 1.165) is 5.75 Å². The van der Waals surface area contributed by atoms with Gasteiger partial charge in [-0.3, -0.25) is 0 Å². The van der Waals surface area contributed by atoms with E-state index >= 15 is 0 Å². The summed E-state index contributed by atoms with van der Waals surface area (Å²) in [6, 6.07) is 21.3. The van der Waals surface area contributed by atoms with Crippen molar-refractivity contribution in [1.29, 1.82) is 0 Å². The van der Waals surface area contributed by atoms with Crippen LogP contribution in [0.2, 0.25) is 0 Å². The highest BCUT2D eigenvalue weighted by molar-refractivity contribution is 5.49. The van der Waals surface area contributed by atoms with Crippen molar-refractivity contribution in [2.75, 3.05) is 21.2 Å². The number of benzene rings is 3. The first-order chi connectivity index (χ1) is 16.7. The number of methoxy groups -OCH3 is 1. The Hall–Kier alpha value is -2.58. The Morgan fingerprint density at radius 3 is 1.74 bits per heavy atom. The van der Waals surface area contributed by atoms with Crippen LogP contribution in [0.5, 0.6) is 5.75 Å². The van der Waals surface area contributed by atoms with Crippen molar-refractivity contribution in [3.8, 4) is 5.75 Å². The van der Waals surface area contributed by atoms with Crippen molar-refractivity contribution in [3.05, 3.63) is 99.1 Å². The monoisotopic (exact) mass is 469 g/mol. The Morgan fingerprint density at radius 2 is 1.23 bits per heavy atom. The third kappa shape index (κ3) is 5.05. The molecule has 1 fully saturated rings. The quantitative estimate of drug-likeness (QED) is 0.347. The first-order valence-electron chi connectivity index (χ1n) is 13.2. The van der Waals surface area contributed by atoms with Crippen LogP contribution in [0.3, 0.4) is 0 Å². The minimum atomic E-state index is 0.370. The van der Waals surface area contributed by atoms with Crippen LogP contribution in [0.1, 0.15) is 75.7 Å². The molecule has 3 aromatic carbocycles. The van der Waals surface area contributed by atoms with Crippen LogP contribution >= 0.6 is 0 Å².